The van der Waals surface area contributed by atoms with Gasteiger partial charge in [-0.05, 0) is 34.2 Å². The van der Waals surface area contributed by atoms with Gasteiger partial charge in [0.2, 0.25) is 5.95 Å². The predicted molar refractivity (Wildman–Crippen MR) is 81.2 cm³/mol. The van der Waals surface area contributed by atoms with Gasteiger partial charge in [-0.1, -0.05) is 13.8 Å². The predicted octanol–water partition coefficient (Wildman–Crippen LogP) is 3.00. The van der Waals surface area contributed by atoms with Gasteiger partial charge in [0.15, 0.2) is 5.78 Å². The standard InChI is InChI=1S/C15H16N4OS/c1-15(2)5-10-12(11(20)6-15)13(9-3-4-21-7-9)19-14(18-10)16-8-17-19/h3-4,7-8,13H,5-6H2,1-2H3,(H,16,17,18)/t13-/m0/s1. The zero-order valence-electron chi connectivity index (χ0n) is 12.0. The molecule has 1 aliphatic carbocycles. The van der Waals surface area contributed by atoms with E-state index in [1.54, 1.807) is 11.3 Å². The highest BCUT2D eigenvalue weighted by Gasteiger charge is 2.41. The number of carbonyl (C=O) groups excluding carboxylic acids is 1. The lowest BCUT2D eigenvalue weighted by Gasteiger charge is -2.37. The molecule has 1 N–H and O–H groups in total. The molecule has 5 nitrogen and oxygen atoms in total. The lowest BCUT2D eigenvalue weighted by atomic mass is 9.73. The summed E-state index contributed by atoms with van der Waals surface area (Å²) >= 11 is 1.64. The van der Waals surface area contributed by atoms with Crippen LogP contribution in [-0.4, -0.2) is 20.5 Å². The van der Waals surface area contributed by atoms with Gasteiger partial charge in [-0.3, -0.25) is 4.79 Å². The second-order valence-electron chi connectivity index (χ2n) is 6.45. The quantitative estimate of drug-likeness (QED) is 0.879. The van der Waals surface area contributed by atoms with Crippen molar-refractivity contribution >= 4 is 23.1 Å². The summed E-state index contributed by atoms with van der Waals surface area (Å²) in [6.07, 6.45) is 2.98. The first kappa shape index (κ1) is 12.8. The number of hydrogen-bond donors (Lipinski definition) is 1. The van der Waals surface area contributed by atoms with Crippen LogP contribution in [0.1, 0.15) is 38.3 Å². The molecule has 108 valence electrons. The molecule has 0 radical (unpaired) electrons. The van der Waals surface area contributed by atoms with E-state index in [2.05, 4.69) is 40.7 Å². The average molecular weight is 300 g/mol. The number of nitrogens with one attached hydrogen (secondary N) is 1. The first-order chi connectivity index (χ1) is 10.1. The van der Waals surface area contributed by atoms with Gasteiger partial charge in [-0.15, -0.1) is 0 Å². The van der Waals surface area contributed by atoms with E-state index in [9.17, 15) is 4.79 Å². The molecule has 1 aliphatic heterocycles. The normalized spacial score (nSPS) is 23.5. The fourth-order valence-electron chi connectivity index (χ4n) is 3.29. The number of fused-ring (bicyclic) bond motifs is 1. The summed E-state index contributed by atoms with van der Waals surface area (Å²) in [6.45, 7) is 4.27. The summed E-state index contributed by atoms with van der Waals surface area (Å²) in [5.41, 5.74) is 2.96. The van der Waals surface area contributed by atoms with Crippen LogP contribution in [0.3, 0.4) is 0 Å². The van der Waals surface area contributed by atoms with Gasteiger partial charge in [0.1, 0.15) is 12.4 Å². The molecular weight excluding hydrogens is 284 g/mol. The molecule has 2 aliphatic rings. The molecule has 0 bridgehead atoms. The third kappa shape index (κ3) is 1.93. The van der Waals surface area contributed by atoms with Crippen molar-refractivity contribution in [2.75, 3.05) is 5.32 Å². The molecule has 6 heteroatoms. The van der Waals surface area contributed by atoms with Crippen molar-refractivity contribution < 1.29 is 4.79 Å². The Morgan fingerprint density at radius 2 is 2.29 bits per heavy atom. The number of allylic oxidation sites excluding steroid dienone is 2. The van der Waals surface area contributed by atoms with Crippen molar-refractivity contribution in [3.63, 3.8) is 0 Å². The molecule has 0 fully saturated rings. The molecule has 0 spiro atoms. The monoisotopic (exact) mass is 300 g/mol. The van der Waals surface area contributed by atoms with E-state index in [-0.39, 0.29) is 17.2 Å². The summed E-state index contributed by atoms with van der Waals surface area (Å²) in [6, 6.07) is 1.91. The topological polar surface area (TPSA) is 59.8 Å². The van der Waals surface area contributed by atoms with Gasteiger partial charge in [-0.25, -0.2) is 4.68 Å². The molecule has 2 aromatic heterocycles. The van der Waals surface area contributed by atoms with Gasteiger partial charge in [-0.2, -0.15) is 21.4 Å². The van der Waals surface area contributed by atoms with Crippen LogP contribution in [0.5, 0.6) is 0 Å². The highest BCUT2D eigenvalue weighted by molar-refractivity contribution is 7.08. The highest BCUT2D eigenvalue weighted by atomic mass is 32.1. The Hall–Kier alpha value is -1.95. The molecule has 21 heavy (non-hydrogen) atoms. The zero-order valence-corrected chi connectivity index (χ0v) is 12.8. The number of thiophene rings is 1. The number of anilines is 1. The summed E-state index contributed by atoms with van der Waals surface area (Å²) in [5, 5.41) is 11.7. The van der Waals surface area contributed by atoms with Crippen molar-refractivity contribution in [1.29, 1.82) is 0 Å². The van der Waals surface area contributed by atoms with Crippen LogP contribution < -0.4 is 5.32 Å². The van der Waals surface area contributed by atoms with Gasteiger partial charge in [0.05, 0.1) is 0 Å². The van der Waals surface area contributed by atoms with Crippen molar-refractivity contribution in [2.45, 2.75) is 32.7 Å². The van der Waals surface area contributed by atoms with Gasteiger partial charge in [0.25, 0.3) is 0 Å². The SMILES string of the molecule is CC1(C)CC(=O)C2=C(C1)Nc1ncnn1[C@H]2c1ccsc1. The minimum absolute atomic E-state index is 0.00962. The fourth-order valence-corrected chi connectivity index (χ4v) is 3.97. The molecule has 1 atom stereocenters. The highest BCUT2D eigenvalue weighted by Crippen LogP contribution is 2.45. The Labute approximate surface area is 126 Å². The van der Waals surface area contributed by atoms with Gasteiger partial charge >= 0.3 is 0 Å². The second-order valence-corrected chi connectivity index (χ2v) is 7.23. The van der Waals surface area contributed by atoms with Crippen LogP contribution in [0.15, 0.2) is 34.4 Å². The van der Waals surface area contributed by atoms with Crippen molar-refractivity contribution in [3.05, 3.63) is 40.0 Å². The first-order valence-electron chi connectivity index (χ1n) is 7.00. The lowest BCUT2D eigenvalue weighted by molar-refractivity contribution is -0.118. The van der Waals surface area contributed by atoms with Gasteiger partial charge in [0, 0.05) is 17.7 Å². The van der Waals surface area contributed by atoms with E-state index in [1.165, 1.54) is 6.33 Å². The smallest absolute Gasteiger partial charge is 0.226 e. The molecule has 4 rings (SSSR count). The Bertz CT molecular complexity index is 742. The van der Waals surface area contributed by atoms with E-state index < -0.39 is 0 Å². The lowest BCUT2D eigenvalue weighted by Crippen LogP contribution is -2.36. The molecule has 0 saturated carbocycles. The Kier molecular flexibility index (Phi) is 2.60. The first-order valence-corrected chi connectivity index (χ1v) is 7.94. The van der Waals surface area contributed by atoms with Crippen LogP contribution >= 0.6 is 11.3 Å². The minimum atomic E-state index is -0.145. The zero-order chi connectivity index (χ0) is 14.6. The van der Waals surface area contributed by atoms with E-state index in [1.807, 2.05) is 10.1 Å². The molecular formula is C15H16N4OS. The van der Waals surface area contributed by atoms with E-state index in [0.29, 0.717) is 6.42 Å². The third-order valence-electron chi connectivity index (χ3n) is 4.13. The van der Waals surface area contributed by atoms with Crippen LogP contribution in [0.4, 0.5) is 5.95 Å². The number of rotatable bonds is 1. The molecule has 0 amide bonds. The number of nitrogens with zero attached hydrogens (tertiary/aromatic N) is 3. The maximum atomic E-state index is 12.7. The van der Waals surface area contributed by atoms with E-state index in [0.717, 1.165) is 29.2 Å². The molecule has 0 unspecified atom stereocenters. The summed E-state index contributed by atoms with van der Waals surface area (Å²) in [4.78, 5) is 17.0. The Balaban J connectivity index is 1.91. The van der Waals surface area contributed by atoms with Crippen molar-refractivity contribution in [2.24, 2.45) is 5.41 Å². The van der Waals surface area contributed by atoms with Crippen LogP contribution in [0.25, 0.3) is 0 Å². The van der Waals surface area contributed by atoms with Crippen molar-refractivity contribution in [3.8, 4) is 0 Å². The Morgan fingerprint density at radius 3 is 3.05 bits per heavy atom. The number of carbonyl (C=O) groups is 1. The third-order valence-corrected chi connectivity index (χ3v) is 4.83. The van der Waals surface area contributed by atoms with Crippen LogP contribution in [0, 0.1) is 5.41 Å². The summed E-state index contributed by atoms with van der Waals surface area (Å²) in [5.74, 6) is 0.932. The van der Waals surface area contributed by atoms with Crippen LogP contribution in [-0.2, 0) is 4.79 Å². The molecule has 0 saturated heterocycles. The van der Waals surface area contributed by atoms with Crippen molar-refractivity contribution in [1.82, 2.24) is 14.8 Å². The van der Waals surface area contributed by atoms with Crippen LogP contribution in [0.2, 0.25) is 0 Å². The number of ketones is 1. The second kappa shape index (κ2) is 4.27. The molecule has 2 aromatic rings. The van der Waals surface area contributed by atoms with Gasteiger partial charge < -0.3 is 5.32 Å². The number of hydrogen-bond acceptors (Lipinski definition) is 5. The maximum Gasteiger partial charge on any atom is 0.226 e. The largest absolute Gasteiger partial charge is 0.328 e. The fraction of sp³-hybridized carbons (Fsp3) is 0.400. The molecule has 3 heterocycles. The minimum Gasteiger partial charge on any atom is -0.328 e. The summed E-state index contributed by atoms with van der Waals surface area (Å²) < 4.78 is 1.82. The number of aromatic nitrogens is 3. The average Bonchev–Trinajstić information content (AvgIpc) is 3.05. The molecule has 0 aromatic carbocycles. The Morgan fingerprint density at radius 1 is 1.43 bits per heavy atom. The maximum absolute atomic E-state index is 12.7. The van der Waals surface area contributed by atoms with E-state index >= 15 is 0 Å². The summed E-state index contributed by atoms with van der Waals surface area (Å²) in [7, 11) is 0. The van der Waals surface area contributed by atoms with E-state index in [4.69, 9.17) is 0 Å². The number of Topliss-reactive ketones (excluding diaryl/α,β-unsaturated/α-hetero) is 1.